The van der Waals surface area contributed by atoms with Crippen LogP contribution >= 0.6 is 0 Å². The largest absolute Gasteiger partial charge is 0.480 e. The van der Waals surface area contributed by atoms with E-state index in [9.17, 15) is 9.59 Å². The molecule has 1 saturated heterocycles. The molecule has 7 nitrogen and oxygen atoms in total. The van der Waals surface area contributed by atoms with E-state index in [1.807, 2.05) is 20.8 Å². The summed E-state index contributed by atoms with van der Waals surface area (Å²) in [6.07, 6.45) is 0.871. The lowest BCUT2D eigenvalue weighted by Crippen LogP contribution is -2.66. The summed E-state index contributed by atoms with van der Waals surface area (Å²) in [4.78, 5) is 26.5. The lowest BCUT2D eigenvalue weighted by atomic mass is 9.97. The number of urea groups is 1. The Labute approximate surface area is 125 Å². The number of nitrogens with zero attached hydrogens (tertiary/aromatic N) is 2. The highest BCUT2D eigenvalue weighted by molar-refractivity contribution is 5.76. The van der Waals surface area contributed by atoms with E-state index in [0.717, 1.165) is 6.42 Å². The third-order valence-corrected chi connectivity index (χ3v) is 3.77. The molecule has 7 heteroatoms. The highest BCUT2D eigenvalue weighted by atomic mass is 16.5. The molecule has 0 radical (unpaired) electrons. The molecule has 21 heavy (non-hydrogen) atoms. The number of methoxy groups -OCH3 is 1. The standard InChI is InChI=1S/C14H26N2O5/c1-5-11(2)16(6-7-20-4)13(19)15-9-14(3,10-15)21-8-12(17)18/h11H,5-10H2,1-4H3,(H,17,18). The van der Waals surface area contributed by atoms with E-state index in [0.29, 0.717) is 26.2 Å². The monoisotopic (exact) mass is 302 g/mol. The van der Waals surface area contributed by atoms with Crippen LogP contribution in [0.15, 0.2) is 0 Å². The Morgan fingerprint density at radius 2 is 2.05 bits per heavy atom. The van der Waals surface area contributed by atoms with Gasteiger partial charge in [-0.15, -0.1) is 0 Å². The molecule has 1 aliphatic heterocycles. The summed E-state index contributed by atoms with van der Waals surface area (Å²) < 4.78 is 10.4. The van der Waals surface area contributed by atoms with Crippen molar-refractivity contribution < 1.29 is 24.2 Å². The minimum atomic E-state index is -0.998. The van der Waals surface area contributed by atoms with Crippen molar-refractivity contribution in [3.63, 3.8) is 0 Å². The predicted octanol–water partition coefficient (Wildman–Crippen LogP) is 1.03. The molecule has 1 N–H and O–H groups in total. The van der Waals surface area contributed by atoms with Gasteiger partial charge in [0.25, 0.3) is 0 Å². The second kappa shape index (κ2) is 7.61. The number of amides is 2. The van der Waals surface area contributed by atoms with Gasteiger partial charge in [-0.05, 0) is 20.3 Å². The number of carbonyl (C=O) groups is 2. The Kier molecular flexibility index (Phi) is 6.42. The van der Waals surface area contributed by atoms with Gasteiger partial charge in [-0.3, -0.25) is 0 Å². The number of ether oxygens (including phenoxy) is 2. The SMILES string of the molecule is CCC(C)N(CCOC)C(=O)N1CC(C)(OCC(=O)O)C1. The third-order valence-electron chi connectivity index (χ3n) is 3.77. The average Bonchev–Trinajstić information content (AvgIpc) is 2.41. The summed E-state index contributed by atoms with van der Waals surface area (Å²) >= 11 is 0. The van der Waals surface area contributed by atoms with Crippen LogP contribution in [0.3, 0.4) is 0 Å². The lowest BCUT2D eigenvalue weighted by Gasteiger charge is -2.49. The fraction of sp³-hybridized carbons (Fsp3) is 0.857. The van der Waals surface area contributed by atoms with E-state index >= 15 is 0 Å². The molecule has 1 unspecified atom stereocenters. The third kappa shape index (κ3) is 4.86. The molecule has 0 bridgehead atoms. The minimum absolute atomic E-state index is 0.0437. The summed E-state index contributed by atoms with van der Waals surface area (Å²) in [6, 6.07) is 0.0947. The van der Waals surface area contributed by atoms with Crippen molar-refractivity contribution in [3.05, 3.63) is 0 Å². The average molecular weight is 302 g/mol. The van der Waals surface area contributed by atoms with E-state index in [1.165, 1.54) is 0 Å². The number of hydrogen-bond donors (Lipinski definition) is 1. The van der Waals surface area contributed by atoms with Crippen LogP contribution in [0.25, 0.3) is 0 Å². The van der Waals surface area contributed by atoms with Crippen LogP contribution in [-0.4, -0.2) is 78.5 Å². The number of carboxylic acids is 1. The van der Waals surface area contributed by atoms with Crippen molar-refractivity contribution in [2.24, 2.45) is 0 Å². The maximum absolute atomic E-state index is 12.5. The zero-order valence-corrected chi connectivity index (χ0v) is 13.3. The van der Waals surface area contributed by atoms with E-state index in [1.54, 1.807) is 16.9 Å². The Balaban J connectivity index is 2.53. The summed E-state index contributed by atoms with van der Waals surface area (Å²) in [6.45, 7) is 7.41. The zero-order valence-electron chi connectivity index (χ0n) is 13.3. The number of carbonyl (C=O) groups excluding carboxylic acids is 1. The number of likely N-dealkylation sites (tertiary alicyclic amines) is 1. The normalized spacial score (nSPS) is 18.0. The van der Waals surface area contributed by atoms with Gasteiger partial charge in [-0.2, -0.15) is 0 Å². The minimum Gasteiger partial charge on any atom is -0.480 e. The van der Waals surface area contributed by atoms with Crippen molar-refractivity contribution in [2.45, 2.75) is 38.8 Å². The Bertz CT molecular complexity index is 368. The summed E-state index contributed by atoms with van der Waals surface area (Å²) in [5.41, 5.74) is -0.559. The highest BCUT2D eigenvalue weighted by Gasteiger charge is 2.44. The Hall–Kier alpha value is -1.34. The van der Waals surface area contributed by atoms with Crippen LogP contribution in [0.4, 0.5) is 4.79 Å². The van der Waals surface area contributed by atoms with Crippen LogP contribution in [-0.2, 0) is 14.3 Å². The maximum atomic E-state index is 12.5. The smallest absolute Gasteiger partial charge is 0.329 e. The summed E-state index contributed by atoms with van der Waals surface area (Å²) in [7, 11) is 1.61. The molecule has 1 fully saturated rings. The molecular weight excluding hydrogens is 276 g/mol. The molecular formula is C14H26N2O5. The first-order valence-corrected chi connectivity index (χ1v) is 7.23. The fourth-order valence-corrected chi connectivity index (χ4v) is 2.32. The molecule has 0 aromatic heterocycles. The molecule has 1 rings (SSSR count). The predicted molar refractivity (Wildman–Crippen MR) is 77.3 cm³/mol. The first-order chi connectivity index (χ1) is 9.83. The first kappa shape index (κ1) is 17.7. The molecule has 1 atom stereocenters. The second-order valence-corrected chi connectivity index (χ2v) is 5.71. The number of rotatable bonds is 8. The van der Waals surface area contributed by atoms with Gasteiger partial charge in [0.15, 0.2) is 0 Å². The second-order valence-electron chi connectivity index (χ2n) is 5.71. The van der Waals surface area contributed by atoms with Crippen LogP contribution in [0.2, 0.25) is 0 Å². The van der Waals surface area contributed by atoms with Crippen LogP contribution in [0.1, 0.15) is 27.2 Å². The number of aliphatic carboxylic acids is 1. The van der Waals surface area contributed by atoms with Gasteiger partial charge in [0.2, 0.25) is 0 Å². The summed E-state index contributed by atoms with van der Waals surface area (Å²) in [5.74, 6) is -0.998. The van der Waals surface area contributed by atoms with Crippen LogP contribution < -0.4 is 0 Å². The van der Waals surface area contributed by atoms with Crippen molar-refractivity contribution in [1.29, 1.82) is 0 Å². The number of carboxylic acid groups (broad SMARTS) is 1. The van der Waals surface area contributed by atoms with Gasteiger partial charge in [-0.1, -0.05) is 6.92 Å². The van der Waals surface area contributed by atoms with Gasteiger partial charge >= 0.3 is 12.0 Å². The highest BCUT2D eigenvalue weighted by Crippen LogP contribution is 2.26. The van der Waals surface area contributed by atoms with Crippen LogP contribution in [0.5, 0.6) is 0 Å². The Morgan fingerprint density at radius 3 is 2.52 bits per heavy atom. The first-order valence-electron chi connectivity index (χ1n) is 7.23. The van der Waals surface area contributed by atoms with E-state index < -0.39 is 11.6 Å². The fourth-order valence-electron chi connectivity index (χ4n) is 2.32. The molecule has 0 aliphatic carbocycles. The van der Waals surface area contributed by atoms with Crippen molar-refractivity contribution >= 4 is 12.0 Å². The molecule has 0 saturated carbocycles. The zero-order chi connectivity index (χ0) is 16.0. The van der Waals surface area contributed by atoms with E-state index in [4.69, 9.17) is 14.6 Å². The maximum Gasteiger partial charge on any atom is 0.329 e. The lowest BCUT2D eigenvalue weighted by molar-refractivity contribution is -0.160. The van der Waals surface area contributed by atoms with Crippen molar-refractivity contribution in [3.8, 4) is 0 Å². The van der Waals surface area contributed by atoms with Gasteiger partial charge in [0, 0.05) is 19.7 Å². The Morgan fingerprint density at radius 1 is 1.43 bits per heavy atom. The summed E-state index contributed by atoms with van der Waals surface area (Å²) in [5, 5.41) is 8.63. The van der Waals surface area contributed by atoms with Gasteiger partial charge in [-0.25, -0.2) is 9.59 Å². The molecule has 0 aromatic carbocycles. The van der Waals surface area contributed by atoms with Crippen molar-refractivity contribution in [2.75, 3.05) is 40.0 Å². The molecule has 1 aliphatic rings. The van der Waals surface area contributed by atoms with Crippen LogP contribution in [0, 0.1) is 0 Å². The topological polar surface area (TPSA) is 79.3 Å². The molecule has 2 amide bonds. The number of hydrogen-bond acceptors (Lipinski definition) is 4. The molecule has 0 spiro atoms. The quantitative estimate of drug-likeness (QED) is 0.724. The molecule has 122 valence electrons. The molecule has 1 heterocycles. The van der Waals surface area contributed by atoms with Gasteiger partial charge in [0.05, 0.1) is 19.7 Å². The molecule has 0 aromatic rings. The van der Waals surface area contributed by atoms with Gasteiger partial charge < -0.3 is 24.4 Å². The van der Waals surface area contributed by atoms with Crippen molar-refractivity contribution in [1.82, 2.24) is 9.80 Å². The van der Waals surface area contributed by atoms with E-state index in [2.05, 4.69) is 0 Å². The van der Waals surface area contributed by atoms with E-state index in [-0.39, 0.29) is 18.7 Å². The van der Waals surface area contributed by atoms with Gasteiger partial charge in [0.1, 0.15) is 12.2 Å².